The zero-order valence-corrected chi connectivity index (χ0v) is 11.3. The number of benzene rings is 1. The summed E-state index contributed by atoms with van der Waals surface area (Å²) < 4.78 is 5.32. The van der Waals surface area contributed by atoms with Gasteiger partial charge >= 0.3 is 0 Å². The molecule has 0 aliphatic rings. The maximum atomic E-state index is 5.94. The third-order valence-electron chi connectivity index (χ3n) is 3.28. The van der Waals surface area contributed by atoms with Crippen molar-refractivity contribution in [2.45, 2.75) is 26.3 Å². The zero-order valence-electron chi connectivity index (χ0n) is 11.3. The first-order valence-corrected chi connectivity index (χ1v) is 6.08. The van der Waals surface area contributed by atoms with Crippen molar-refractivity contribution in [1.82, 2.24) is 0 Å². The Labute approximate surface area is 104 Å². The molecule has 0 heterocycles. The number of anilines is 1. The van der Waals surface area contributed by atoms with Crippen molar-refractivity contribution in [3.8, 4) is 0 Å². The average molecular weight is 236 g/mol. The largest absolute Gasteiger partial charge is 0.382 e. The van der Waals surface area contributed by atoms with Gasteiger partial charge < -0.3 is 15.8 Å². The van der Waals surface area contributed by atoms with Crippen LogP contribution in [0.25, 0.3) is 0 Å². The Morgan fingerprint density at radius 1 is 1.41 bits per heavy atom. The predicted octanol–water partition coefficient (Wildman–Crippen LogP) is 2.41. The topological polar surface area (TPSA) is 47.3 Å². The molecule has 0 aliphatic heterocycles. The fraction of sp³-hybridized carbons (Fsp3) is 0.571. The molecular formula is C14H24N2O. The second-order valence-corrected chi connectivity index (χ2v) is 4.94. The lowest BCUT2D eigenvalue weighted by Gasteiger charge is -2.38. The van der Waals surface area contributed by atoms with Crippen molar-refractivity contribution in [3.05, 3.63) is 29.8 Å². The maximum absolute atomic E-state index is 5.94. The smallest absolute Gasteiger partial charge is 0.0751 e. The van der Waals surface area contributed by atoms with Gasteiger partial charge in [-0.2, -0.15) is 0 Å². The molecule has 17 heavy (non-hydrogen) atoms. The summed E-state index contributed by atoms with van der Waals surface area (Å²) in [4.78, 5) is 0. The number of methoxy groups -OCH3 is 1. The number of nitrogens with one attached hydrogen (secondary N) is 1. The molecule has 0 saturated carbocycles. The van der Waals surface area contributed by atoms with E-state index in [0.29, 0.717) is 19.1 Å². The van der Waals surface area contributed by atoms with E-state index in [2.05, 4.69) is 44.3 Å². The summed E-state index contributed by atoms with van der Waals surface area (Å²) in [5.41, 5.74) is 8.07. The van der Waals surface area contributed by atoms with Gasteiger partial charge in [-0.1, -0.05) is 26.0 Å². The molecule has 1 unspecified atom stereocenters. The van der Waals surface area contributed by atoms with Crippen LogP contribution in [-0.2, 0) is 4.74 Å². The van der Waals surface area contributed by atoms with Gasteiger partial charge in [0, 0.05) is 19.3 Å². The van der Waals surface area contributed by atoms with Gasteiger partial charge in [-0.05, 0) is 30.5 Å². The summed E-state index contributed by atoms with van der Waals surface area (Å²) >= 11 is 0. The highest BCUT2D eigenvalue weighted by Gasteiger charge is 2.32. The van der Waals surface area contributed by atoms with E-state index in [1.54, 1.807) is 7.11 Å². The molecule has 96 valence electrons. The minimum Gasteiger partial charge on any atom is -0.382 e. The summed E-state index contributed by atoms with van der Waals surface area (Å²) in [6.45, 7) is 7.56. The molecule has 0 aromatic heterocycles. The van der Waals surface area contributed by atoms with E-state index in [9.17, 15) is 0 Å². The summed E-state index contributed by atoms with van der Waals surface area (Å²) in [5, 5.41) is 3.53. The van der Waals surface area contributed by atoms with Crippen LogP contribution in [0.15, 0.2) is 24.3 Å². The molecule has 0 fully saturated rings. The van der Waals surface area contributed by atoms with Crippen molar-refractivity contribution in [2.24, 2.45) is 11.7 Å². The van der Waals surface area contributed by atoms with Gasteiger partial charge in [-0.25, -0.2) is 0 Å². The average Bonchev–Trinajstić information content (AvgIpc) is 2.28. The zero-order chi connectivity index (χ0) is 12.9. The lowest BCUT2D eigenvalue weighted by molar-refractivity contribution is 0.121. The first kappa shape index (κ1) is 14.0. The van der Waals surface area contributed by atoms with Gasteiger partial charge in [-0.3, -0.25) is 0 Å². The van der Waals surface area contributed by atoms with Crippen LogP contribution in [0.5, 0.6) is 0 Å². The van der Waals surface area contributed by atoms with Crippen LogP contribution in [-0.4, -0.2) is 25.8 Å². The molecule has 1 atom stereocenters. The first-order chi connectivity index (χ1) is 8.04. The SMILES string of the molecule is COCC(CN)(Nc1cccc(C)c1)C(C)C. The lowest BCUT2D eigenvalue weighted by Crippen LogP contribution is -2.53. The molecule has 1 aromatic rings. The minimum atomic E-state index is -0.206. The van der Waals surface area contributed by atoms with Gasteiger partial charge in [0.1, 0.15) is 0 Å². The second kappa shape index (κ2) is 6.03. The molecule has 3 N–H and O–H groups in total. The van der Waals surface area contributed by atoms with E-state index >= 15 is 0 Å². The highest BCUT2D eigenvalue weighted by molar-refractivity contribution is 5.48. The Balaban J connectivity index is 2.92. The second-order valence-electron chi connectivity index (χ2n) is 4.94. The molecule has 3 nitrogen and oxygen atoms in total. The van der Waals surface area contributed by atoms with E-state index in [0.717, 1.165) is 5.69 Å². The molecule has 0 aliphatic carbocycles. The molecule has 0 spiro atoms. The van der Waals surface area contributed by atoms with Gasteiger partial charge in [0.2, 0.25) is 0 Å². The number of hydrogen-bond donors (Lipinski definition) is 2. The van der Waals surface area contributed by atoms with Gasteiger partial charge in [-0.15, -0.1) is 0 Å². The molecule has 0 radical (unpaired) electrons. The van der Waals surface area contributed by atoms with Crippen molar-refractivity contribution in [1.29, 1.82) is 0 Å². The van der Waals surface area contributed by atoms with Crippen LogP contribution >= 0.6 is 0 Å². The Morgan fingerprint density at radius 3 is 2.59 bits per heavy atom. The lowest BCUT2D eigenvalue weighted by atomic mass is 9.86. The quantitative estimate of drug-likeness (QED) is 0.797. The van der Waals surface area contributed by atoms with E-state index < -0.39 is 0 Å². The van der Waals surface area contributed by atoms with Crippen LogP contribution in [0, 0.1) is 12.8 Å². The minimum absolute atomic E-state index is 0.206. The van der Waals surface area contributed by atoms with E-state index in [1.165, 1.54) is 5.56 Å². The highest BCUT2D eigenvalue weighted by atomic mass is 16.5. The highest BCUT2D eigenvalue weighted by Crippen LogP contribution is 2.23. The maximum Gasteiger partial charge on any atom is 0.0751 e. The fourth-order valence-electron chi connectivity index (χ4n) is 1.96. The van der Waals surface area contributed by atoms with Crippen molar-refractivity contribution >= 4 is 5.69 Å². The first-order valence-electron chi connectivity index (χ1n) is 6.08. The normalized spacial score (nSPS) is 14.7. The molecular weight excluding hydrogens is 212 g/mol. The Morgan fingerprint density at radius 2 is 2.12 bits per heavy atom. The third-order valence-corrected chi connectivity index (χ3v) is 3.28. The summed E-state index contributed by atoms with van der Waals surface area (Å²) in [6.07, 6.45) is 0. The summed E-state index contributed by atoms with van der Waals surface area (Å²) in [6, 6.07) is 8.32. The van der Waals surface area contributed by atoms with Gasteiger partial charge in [0.25, 0.3) is 0 Å². The van der Waals surface area contributed by atoms with Crippen LogP contribution in [0.3, 0.4) is 0 Å². The van der Waals surface area contributed by atoms with E-state index in [1.807, 2.05) is 6.07 Å². The third kappa shape index (κ3) is 3.45. The Bertz CT molecular complexity index is 352. The molecule has 3 heteroatoms. The van der Waals surface area contributed by atoms with Crippen LogP contribution in [0.2, 0.25) is 0 Å². The number of nitrogens with two attached hydrogens (primary N) is 1. The van der Waals surface area contributed by atoms with Crippen LogP contribution in [0.1, 0.15) is 19.4 Å². The predicted molar refractivity (Wildman–Crippen MR) is 73.3 cm³/mol. The standard InChI is InChI=1S/C14H24N2O/c1-11(2)14(9-15,10-17-4)16-13-7-5-6-12(3)8-13/h5-8,11,16H,9-10,15H2,1-4H3. The molecule has 0 amide bonds. The van der Waals surface area contributed by atoms with Gasteiger partial charge in [0.05, 0.1) is 12.1 Å². The van der Waals surface area contributed by atoms with Crippen LogP contribution in [0.4, 0.5) is 5.69 Å². The molecule has 0 bridgehead atoms. The van der Waals surface area contributed by atoms with Crippen LogP contribution < -0.4 is 11.1 Å². The number of hydrogen-bond acceptors (Lipinski definition) is 3. The molecule has 1 rings (SSSR count). The monoisotopic (exact) mass is 236 g/mol. The van der Waals surface area contributed by atoms with E-state index in [-0.39, 0.29) is 5.54 Å². The van der Waals surface area contributed by atoms with Crippen molar-refractivity contribution < 1.29 is 4.74 Å². The van der Waals surface area contributed by atoms with Crippen molar-refractivity contribution in [3.63, 3.8) is 0 Å². The molecule has 0 saturated heterocycles. The number of aryl methyl sites for hydroxylation is 1. The fourth-order valence-corrected chi connectivity index (χ4v) is 1.96. The Kier molecular flexibility index (Phi) is 4.97. The summed E-state index contributed by atoms with van der Waals surface area (Å²) in [5.74, 6) is 0.396. The van der Waals surface area contributed by atoms with E-state index in [4.69, 9.17) is 10.5 Å². The summed E-state index contributed by atoms with van der Waals surface area (Å²) in [7, 11) is 1.71. The molecule has 1 aromatic carbocycles. The number of ether oxygens (including phenoxy) is 1. The number of rotatable bonds is 6. The Hall–Kier alpha value is -1.06. The van der Waals surface area contributed by atoms with Crippen molar-refractivity contribution in [2.75, 3.05) is 25.6 Å². The van der Waals surface area contributed by atoms with Gasteiger partial charge in [0.15, 0.2) is 0 Å².